The molecule has 3 rings (SSSR count). The smallest absolute Gasteiger partial charge is 0.251 e. The molecule has 1 atom stereocenters. The molecule has 0 saturated carbocycles. The number of likely N-dealkylation sites (tertiary alicyclic amines) is 1. The topological polar surface area (TPSA) is 58.6 Å². The summed E-state index contributed by atoms with van der Waals surface area (Å²) in [5.74, 6) is 0.470. The summed E-state index contributed by atoms with van der Waals surface area (Å²) in [7, 11) is 0. The molecule has 142 valence electrons. The van der Waals surface area contributed by atoms with Gasteiger partial charge in [0, 0.05) is 17.1 Å². The summed E-state index contributed by atoms with van der Waals surface area (Å²) in [6.07, 6.45) is 1.87. The summed E-state index contributed by atoms with van der Waals surface area (Å²) in [5.41, 5.74) is 1.57. The summed E-state index contributed by atoms with van der Waals surface area (Å²) in [6.45, 7) is 3.26. The van der Waals surface area contributed by atoms with E-state index in [0.717, 1.165) is 24.2 Å². The zero-order valence-electron chi connectivity index (χ0n) is 15.3. The lowest BCUT2D eigenvalue weighted by molar-refractivity contribution is -0.131. The van der Waals surface area contributed by atoms with Gasteiger partial charge in [0.1, 0.15) is 5.75 Å². The second kappa shape index (κ2) is 8.91. The van der Waals surface area contributed by atoms with Crippen molar-refractivity contribution < 1.29 is 14.3 Å². The highest BCUT2D eigenvalue weighted by Gasteiger charge is 2.29. The van der Waals surface area contributed by atoms with Crippen molar-refractivity contribution in [1.82, 2.24) is 10.2 Å². The third kappa shape index (κ3) is 4.80. The Morgan fingerprint density at radius 2 is 1.85 bits per heavy atom. The Kier molecular flexibility index (Phi) is 6.35. The van der Waals surface area contributed by atoms with E-state index in [1.165, 1.54) is 0 Å². The van der Waals surface area contributed by atoms with E-state index in [2.05, 4.69) is 5.32 Å². The number of ether oxygens (including phenoxy) is 1. The first-order valence-corrected chi connectivity index (χ1v) is 9.52. The number of carbonyl (C=O) groups is 2. The maximum Gasteiger partial charge on any atom is 0.251 e. The number of nitrogens with zero attached hydrogens (tertiary/aromatic N) is 1. The quantitative estimate of drug-likeness (QED) is 0.820. The van der Waals surface area contributed by atoms with E-state index in [4.69, 9.17) is 16.3 Å². The standard InChI is InChI=1S/C21H23ClN2O3/c1-2-27-18-11-7-15(8-12-18)19-4-3-13-24(19)20(25)14-23-21(26)16-5-9-17(22)10-6-16/h5-12,19H,2-4,13-14H2,1H3,(H,23,26)/t19-/m1/s1. The molecule has 1 aliphatic heterocycles. The van der Waals surface area contributed by atoms with Gasteiger partial charge in [-0.05, 0) is 61.7 Å². The van der Waals surface area contributed by atoms with E-state index in [0.29, 0.717) is 23.7 Å². The van der Waals surface area contributed by atoms with Crippen LogP contribution in [0.3, 0.4) is 0 Å². The van der Waals surface area contributed by atoms with Crippen molar-refractivity contribution in [2.75, 3.05) is 19.7 Å². The molecular formula is C21H23ClN2O3. The molecule has 0 unspecified atom stereocenters. The molecule has 1 fully saturated rings. The Hall–Kier alpha value is -2.53. The maximum absolute atomic E-state index is 12.7. The van der Waals surface area contributed by atoms with Crippen LogP contribution in [0.1, 0.15) is 41.7 Å². The minimum absolute atomic E-state index is 0.0189. The molecule has 1 saturated heterocycles. The lowest BCUT2D eigenvalue weighted by Crippen LogP contribution is -2.39. The summed E-state index contributed by atoms with van der Waals surface area (Å²) in [6, 6.07) is 14.5. The van der Waals surface area contributed by atoms with E-state index in [9.17, 15) is 9.59 Å². The maximum atomic E-state index is 12.7. The number of nitrogens with one attached hydrogen (secondary N) is 1. The first-order valence-electron chi connectivity index (χ1n) is 9.14. The number of amides is 2. The molecule has 27 heavy (non-hydrogen) atoms. The van der Waals surface area contributed by atoms with Crippen molar-refractivity contribution in [2.45, 2.75) is 25.8 Å². The van der Waals surface area contributed by atoms with Gasteiger partial charge in [-0.3, -0.25) is 9.59 Å². The van der Waals surface area contributed by atoms with Gasteiger partial charge < -0.3 is 15.0 Å². The van der Waals surface area contributed by atoms with Crippen molar-refractivity contribution >= 4 is 23.4 Å². The van der Waals surface area contributed by atoms with Gasteiger partial charge >= 0.3 is 0 Å². The molecule has 0 aromatic heterocycles. The minimum Gasteiger partial charge on any atom is -0.494 e. The zero-order chi connectivity index (χ0) is 19.2. The molecule has 0 bridgehead atoms. The Labute approximate surface area is 164 Å². The third-order valence-electron chi connectivity index (χ3n) is 4.66. The van der Waals surface area contributed by atoms with Crippen LogP contribution in [0.5, 0.6) is 5.75 Å². The van der Waals surface area contributed by atoms with Gasteiger partial charge in [0.25, 0.3) is 5.91 Å². The van der Waals surface area contributed by atoms with Crippen LogP contribution in [-0.4, -0.2) is 36.4 Å². The van der Waals surface area contributed by atoms with E-state index < -0.39 is 0 Å². The highest BCUT2D eigenvalue weighted by molar-refractivity contribution is 6.30. The van der Waals surface area contributed by atoms with Crippen molar-refractivity contribution in [3.8, 4) is 5.75 Å². The van der Waals surface area contributed by atoms with Gasteiger partial charge in [0.2, 0.25) is 5.91 Å². The molecular weight excluding hydrogens is 364 g/mol. The molecule has 0 spiro atoms. The molecule has 2 aromatic carbocycles. The van der Waals surface area contributed by atoms with Gasteiger partial charge in [0.05, 0.1) is 19.2 Å². The van der Waals surface area contributed by atoms with Crippen molar-refractivity contribution in [1.29, 1.82) is 0 Å². The SMILES string of the molecule is CCOc1ccc([C@H]2CCCN2C(=O)CNC(=O)c2ccc(Cl)cc2)cc1. The molecule has 0 radical (unpaired) electrons. The van der Waals surface area contributed by atoms with Crippen molar-refractivity contribution in [3.05, 3.63) is 64.7 Å². The third-order valence-corrected chi connectivity index (χ3v) is 4.91. The van der Waals surface area contributed by atoms with Crippen LogP contribution >= 0.6 is 11.6 Å². The van der Waals surface area contributed by atoms with Crippen molar-refractivity contribution in [3.63, 3.8) is 0 Å². The number of hydrogen-bond acceptors (Lipinski definition) is 3. The van der Waals surface area contributed by atoms with Gasteiger partial charge in [-0.1, -0.05) is 23.7 Å². The molecule has 0 aliphatic carbocycles. The van der Waals surface area contributed by atoms with E-state index in [-0.39, 0.29) is 24.4 Å². The minimum atomic E-state index is -0.281. The second-order valence-electron chi connectivity index (χ2n) is 6.44. The van der Waals surface area contributed by atoms with Crippen LogP contribution in [0.15, 0.2) is 48.5 Å². The average molecular weight is 387 g/mol. The van der Waals surface area contributed by atoms with Crippen LogP contribution in [0.4, 0.5) is 0 Å². The predicted molar refractivity (Wildman–Crippen MR) is 105 cm³/mol. The Morgan fingerprint density at radius 3 is 2.52 bits per heavy atom. The number of hydrogen-bond donors (Lipinski definition) is 1. The Morgan fingerprint density at radius 1 is 1.15 bits per heavy atom. The van der Waals surface area contributed by atoms with Crippen LogP contribution in [0.25, 0.3) is 0 Å². The van der Waals surface area contributed by atoms with Gasteiger partial charge in [-0.2, -0.15) is 0 Å². The highest BCUT2D eigenvalue weighted by Crippen LogP contribution is 2.32. The van der Waals surface area contributed by atoms with Crippen LogP contribution in [0, 0.1) is 0 Å². The molecule has 1 heterocycles. The summed E-state index contributed by atoms with van der Waals surface area (Å²) in [5, 5.41) is 3.27. The van der Waals surface area contributed by atoms with Gasteiger partial charge in [0.15, 0.2) is 0 Å². The lowest BCUT2D eigenvalue weighted by atomic mass is 10.0. The number of benzene rings is 2. The summed E-state index contributed by atoms with van der Waals surface area (Å²) < 4.78 is 5.48. The molecule has 2 amide bonds. The monoisotopic (exact) mass is 386 g/mol. The Bertz CT molecular complexity index is 790. The molecule has 2 aromatic rings. The highest BCUT2D eigenvalue weighted by atomic mass is 35.5. The number of carbonyl (C=O) groups excluding carboxylic acids is 2. The van der Waals surface area contributed by atoms with Crippen molar-refractivity contribution in [2.24, 2.45) is 0 Å². The van der Waals surface area contributed by atoms with E-state index in [1.807, 2.05) is 36.1 Å². The van der Waals surface area contributed by atoms with Gasteiger partial charge in [-0.25, -0.2) is 0 Å². The first kappa shape index (κ1) is 19.2. The molecule has 1 N–H and O–H groups in total. The average Bonchev–Trinajstić information content (AvgIpc) is 3.17. The normalized spacial score (nSPS) is 16.2. The fourth-order valence-corrected chi connectivity index (χ4v) is 3.45. The molecule has 1 aliphatic rings. The first-order chi connectivity index (χ1) is 13.1. The van der Waals surface area contributed by atoms with E-state index in [1.54, 1.807) is 24.3 Å². The van der Waals surface area contributed by atoms with Crippen LogP contribution < -0.4 is 10.1 Å². The lowest BCUT2D eigenvalue weighted by Gasteiger charge is -2.25. The van der Waals surface area contributed by atoms with Gasteiger partial charge in [-0.15, -0.1) is 0 Å². The van der Waals surface area contributed by atoms with Crippen LogP contribution in [-0.2, 0) is 4.79 Å². The fourth-order valence-electron chi connectivity index (χ4n) is 3.33. The molecule has 6 heteroatoms. The number of rotatable bonds is 6. The fraction of sp³-hybridized carbons (Fsp3) is 0.333. The number of halogens is 1. The summed E-state index contributed by atoms with van der Waals surface area (Å²) >= 11 is 5.83. The molecule has 5 nitrogen and oxygen atoms in total. The second-order valence-corrected chi connectivity index (χ2v) is 6.87. The predicted octanol–water partition coefficient (Wildman–Crippen LogP) is 3.83. The zero-order valence-corrected chi connectivity index (χ0v) is 16.0. The Balaban J connectivity index is 1.59. The largest absolute Gasteiger partial charge is 0.494 e. The van der Waals surface area contributed by atoms with Crippen LogP contribution in [0.2, 0.25) is 5.02 Å². The van der Waals surface area contributed by atoms with E-state index >= 15 is 0 Å². The summed E-state index contributed by atoms with van der Waals surface area (Å²) in [4.78, 5) is 26.7.